The van der Waals surface area contributed by atoms with E-state index >= 15 is 0 Å². The van der Waals surface area contributed by atoms with Gasteiger partial charge in [-0.3, -0.25) is 0 Å². The lowest BCUT2D eigenvalue weighted by atomic mass is 10.2. The van der Waals surface area contributed by atoms with Crippen molar-refractivity contribution in [2.45, 2.75) is 26.8 Å². The highest BCUT2D eigenvalue weighted by molar-refractivity contribution is 7.15. The molecule has 1 aromatic rings. The Hall–Kier alpha value is -0.610. The van der Waals surface area contributed by atoms with Gasteiger partial charge in [0.05, 0.1) is 0 Å². The highest BCUT2D eigenvalue weighted by atomic mass is 32.1. The monoisotopic (exact) mass is 213 g/mol. The number of nitrogens with two attached hydrogens (primary N) is 1. The van der Waals surface area contributed by atoms with E-state index in [1.54, 1.807) is 11.3 Å². The van der Waals surface area contributed by atoms with Crippen molar-refractivity contribution in [3.63, 3.8) is 0 Å². The molecule has 0 aromatic carbocycles. The smallest absolute Gasteiger partial charge is 0.185 e. The molecule has 0 saturated carbocycles. The summed E-state index contributed by atoms with van der Waals surface area (Å²) < 4.78 is 0. The lowest BCUT2D eigenvalue weighted by Gasteiger charge is -2.17. The van der Waals surface area contributed by atoms with Gasteiger partial charge in [-0.15, -0.1) is 11.3 Å². The minimum atomic E-state index is 0.0914. The number of nitrogens with zero attached hydrogens (tertiary/aromatic N) is 2. The Labute approximate surface area is 89.9 Å². The molecule has 1 atom stereocenters. The summed E-state index contributed by atoms with van der Waals surface area (Å²) in [5.41, 5.74) is 5.78. The van der Waals surface area contributed by atoms with Gasteiger partial charge in [0.15, 0.2) is 5.13 Å². The normalized spacial score (nSPS) is 13.3. The van der Waals surface area contributed by atoms with Crippen LogP contribution in [0.25, 0.3) is 0 Å². The fraction of sp³-hybridized carbons (Fsp3) is 0.700. The van der Waals surface area contributed by atoms with E-state index < -0.39 is 0 Å². The molecule has 0 radical (unpaired) electrons. The molecular formula is C10H19N3S. The zero-order chi connectivity index (χ0) is 10.7. The second-order valence-electron chi connectivity index (χ2n) is 4.11. The Kier molecular flexibility index (Phi) is 3.89. The summed E-state index contributed by atoms with van der Waals surface area (Å²) in [7, 11) is 2.07. The van der Waals surface area contributed by atoms with E-state index in [0.717, 1.165) is 16.6 Å². The van der Waals surface area contributed by atoms with E-state index in [0.29, 0.717) is 5.92 Å². The van der Waals surface area contributed by atoms with Gasteiger partial charge in [-0.05, 0) is 12.8 Å². The molecule has 1 unspecified atom stereocenters. The van der Waals surface area contributed by atoms with Crippen LogP contribution in [0, 0.1) is 5.92 Å². The van der Waals surface area contributed by atoms with Crippen molar-refractivity contribution in [3.8, 4) is 0 Å². The van der Waals surface area contributed by atoms with Gasteiger partial charge < -0.3 is 10.6 Å². The Balaban J connectivity index is 2.66. The van der Waals surface area contributed by atoms with Crippen LogP contribution < -0.4 is 10.6 Å². The molecule has 0 aliphatic heterocycles. The summed E-state index contributed by atoms with van der Waals surface area (Å²) in [6.07, 6.45) is 1.88. The first-order chi connectivity index (χ1) is 6.50. The van der Waals surface area contributed by atoms with E-state index in [9.17, 15) is 0 Å². The van der Waals surface area contributed by atoms with Gasteiger partial charge in [-0.2, -0.15) is 0 Å². The second-order valence-corrected chi connectivity index (χ2v) is 5.15. The molecule has 1 rings (SSSR count). The van der Waals surface area contributed by atoms with E-state index in [2.05, 4.69) is 30.8 Å². The molecule has 0 bridgehead atoms. The highest BCUT2D eigenvalue weighted by Gasteiger charge is 2.10. The second kappa shape index (κ2) is 4.75. The molecule has 3 nitrogen and oxygen atoms in total. The van der Waals surface area contributed by atoms with Crippen LogP contribution in [0.5, 0.6) is 0 Å². The fourth-order valence-electron chi connectivity index (χ4n) is 1.29. The lowest BCUT2D eigenvalue weighted by Crippen LogP contribution is -2.22. The first kappa shape index (κ1) is 11.5. The molecule has 0 aliphatic carbocycles. The molecule has 4 heteroatoms. The summed E-state index contributed by atoms with van der Waals surface area (Å²) in [4.78, 5) is 7.69. The largest absolute Gasteiger partial charge is 0.351 e. The van der Waals surface area contributed by atoms with E-state index in [-0.39, 0.29) is 6.04 Å². The van der Waals surface area contributed by atoms with Crippen LogP contribution in [-0.4, -0.2) is 18.6 Å². The van der Waals surface area contributed by atoms with Crippen LogP contribution in [0.4, 0.5) is 5.13 Å². The molecule has 14 heavy (non-hydrogen) atoms. The van der Waals surface area contributed by atoms with E-state index in [4.69, 9.17) is 5.73 Å². The van der Waals surface area contributed by atoms with Crippen molar-refractivity contribution >= 4 is 16.5 Å². The lowest BCUT2D eigenvalue weighted by molar-refractivity contribution is 0.637. The van der Waals surface area contributed by atoms with Crippen molar-refractivity contribution in [1.29, 1.82) is 0 Å². The number of thiazole rings is 1. The zero-order valence-corrected chi connectivity index (χ0v) is 10.1. The predicted octanol–water partition coefficient (Wildman–Crippen LogP) is 2.25. The quantitative estimate of drug-likeness (QED) is 0.834. The molecule has 0 amide bonds. The zero-order valence-electron chi connectivity index (χ0n) is 9.32. The third-order valence-electron chi connectivity index (χ3n) is 1.93. The van der Waals surface area contributed by atoms with Crippen LogP contribution in [0.2, 0.25) is 0 Å². The predicted molar refractivity (Wildman–Crippen MR) is 62.8 cm³/mol. The molecule has 80 valence electrons. The van der Waals surface area contributed by atoms with Crippen molar-refractivity contribution in [3.05, 3.63) is 11.1 Å². The molecule has 2 N–H and O–H groups in total. The summed E-state index contributed by atoms with van der Waals surface area (Å²) in [5.74, 6) is 0.655. The number of rotatable bonds is 4. The van der Waals surface area contributed by atoms with Gasteiger partial charge in [0.2, 0.25) is 0 Å². The van der Waals surface area contributed by atoms with Crippen molar-refractivity contribution in [2.75, 3.05) is 18.5 Å². The van der Waals surface area contributed by atoms with Gasteiger partial charge in [0.25, 0.3) is 0 Å². The fourth-order valence-corrected chi connectivity index (χ4v) is 2.13. The van der Waals surface area contributed by atoms with Crippen LogP contribution in [0.15, 0.2) is 6.20 Å². The maximum atomic E-state index is 5.78. The first-order valence-corrected chi connectivity index (χ1v) is 5.74. The number of aromatic nitrogens is 1. The van der Waals surface area contributed by atoms with Crippen LogP contribution >= 0.6 is 11.3 Å². The van der Waals surface area contributed by atoms with Gasteiger partial charge in [0.1, 0.15) is 0 Å². The Morgan fingerprint density at radius 2 is 2.14 bits per heavy atom. The summed E-state index contributed by atoms with van der Waals surface area (Å²) >= 11 is 1.68. The topological polar surface area (TPSA) is 42.2 Å². The van der Waals surface area contributed by atoms with Crippen molar-refractivity contribution in [2.24, 2.45) is 11.7 Å². The van der Waals surface area contributed by atoms with Gasteiger partial charge in [-0.1, -0.05) is 13.8 Å². The Bertz CT molecular complexity index is 281. The SMILES string of the molecule is CC(C)CN(C)c1ncc(C(C)N)s1. The molecule has 0 saturated heterocycles. The minimum Gasteiger partial charge on any atom is -0.351 e. The average molecular weight is 213 g/mol. The molecule has 1 aromatic heterocycles. The third-order valence-corrected chi connectivity index (χ3v) is 3.24. The first-order valence-electron chi connectivity index (χ1n) is 4.93. The van der Waals surface area contributed by atoms with Gasteiger partial charge in [0, 0.05) is 30.7 Å². The Morgan fingerprint density at radius 1 is 1.50 bits per heavy atom. The van der Waals surface area contributed by atoms with E-state index in [1.165, 1.54) is 0 Å². The molecule has 0 spiro atoms. The summed E-state index contributed by atoms with van der Waals surface area (Å²) in [6, 6.07) is 0.0914. The highest BCUT2D eigenvalue weighted by Crippen LogP contribution is 2.25. The van der Waals surface area contributed by atoms with Gasteiger partial charge >= 0.3 is 0 Å². The number of anilines is 1. The van der Waals surface area contributed by atoms with Crippen LogP contribution in [-0.2, 0) is 0 Å². The number of hydrogen-bond acceptors (Lipinski definition) is 4. The number of hydrogen-bond donors (Lipinski definition) is 1. The summed E-state index contributed by atoms with van der Waals surface area (Å²) in [5, 5.41) is 1.06. The van der Waals surface area contributed by atoms with Crippen LogP contribution in [0.3, 0.4) is 0 Å². The minimum absolute atomic E-state index is 0.0914. The van der Waals surface area contributed by atoms with E-state index in [1.807, 2.05) is 13.1 Å². The average Bonchev–Trinajstić information content (AvgIpc) is 2.50. The van der Waals surface area contributed by atoms with Gasteiger partial charge in [-0.25, -0.2) is 4.98 Å². The molecule has 0 fully saturated rings. The van der Waals surface area contributed by atoms with Crippen molar-refractivity contribution < 1.29 is 0 Å². The maximum absolute atomic E-state index is 5.78. The van der Waals surface area contributed by atoms with Crippen molar-refractivity contribution in [1.82, 2.24) is 4.98 Å². The third kappa shape index (κ3) is 2.96. The standard InChI is InChI=1S/C10H19N3S/c1-7(2)6-13(4)10-12-5-9(14-10)8(3)11/h5,7-8H,6,11H2,1-4H3. The molecule has 0 aliphatic rings. The summed E-state index contributed by atoms with van der Waals surface area (Å²) in [6.45, 7) is 7.43. The molecular weight excluding hydrogens is 194 g/mol. The Morgan fingerprint density at radius 3 is 2.57 bits per heavy atom. The molecule has 1 heterocycles. The maximum Gasteiger partial charge on any atom is 0.185 e. The van der Waals surface area contributed by atoms with Crippen LogP contribution in [0.1, 0.15) is 31.7 Å².